The van der Waals surface area contributed by atoms with Crippen LogP contribution in [0.2, 0.25) is 0 Å². The summed E-state index contributed by atoms with van der Waals surface area (Å²) in [6.07, 6.45) is 3.74. The molecule has 0 fully saturated rings. The summed E-state index contributed by atoms with van der Waals surface area (Å²) in [6.45, 7) is 0.547. The summed E-state index contributed by atoms with van der Waals surface area (Å²) in [6, 6.07) is 5.73. The van der Waals surface area contributed by atoms with E-state index in [9.17, 15) is 4.79 Å². The number of Topliss-reactive ketones (excluding diaryl/α,β-unsaturated/α-hetero) is 1. The van der Waals surface area contributed by atoms with E-state index in [-0.39, 0.29) is 11.5 Å². The lowest BCUT2D eigenvalue weighted by atomic mass is 10.3. The quantitative estimate of drug-likeness (QED) is 0.811. The Balaban J connectivity index is 2.69. The summed E-state index contributed by atoms with van der Waals surface area (Å²) in [7, 11) is 0. The van der Waals surface area contributed by atoms with Gasteiger partial charge in [-0.3, -0.25) is 4.79 Å². The largest absolute Gasteiger partial charge is 0.508 e. The minimum absolute atomic E-state index is 0.0343. The van der Waals surface area contributed by atoms with Crippen molar-refractivity contribution in [1.82, 2.24) is 5.09 Å². The molecular weight excluding hydrogens is 261 g/mol. The van der Waals surface area contributed by atoms with Gasteiger partial charge in [-0.2, -0.15) is 0 Å². The van der Waals surface area contributed by atoms with Crippen LogP contribution >= 0.6 is 17.9 Å². The van der Waals surface area contributed by atoms with Crippen LogP contribution in [0.1, 0.15) is 13.8 Å². The van der Waals surface area contributed by atoms with Gasteiger partial charge in [-0.05, 0) is 55.7 Å². The molecule has 17 heavy (non-hydrogen) atoms. The van der Waals surface area contributed by atoms with Crippen LogP contribution in [0.15, 0.2) is 24.3 Å². The van der Waals surface area contributed by atoms with Crippen LogP contribution in [-0.4, -0.2) is 23.2 Å². The third kappa shape index (κ3) is 4.82. The molecule has 0 radical (unpaired) electrons. The molecule has 0 aliphatic carbocycles. The van der Waals surface area contributed by atoms with Gasteiger partial charge in [-0.25, -0.2) is 5.09 Å². The number of nitrogens with one attached hydrogen (secondary N) is 1. The number of ketones is 1. The molecule has 1 aromatic carbocycles. The third-order valence-electron chi connectivity index (χ3n) is 2.08. The van der Waals surface area contributed by atoms with Gasteiger partial charge in [0, 0.05) is 0 Å². The van der Waals surface area contributed by atoms with E-state index in [1.54, 1.807) is 19.1 Å². The molecule has 0 spiro atoms. The van der Waals surface area contributed by atoms with Crippen LogP contribution in [0.5, 0.6) is 11.5 Å². The molecule has 1 rings (SSSR count). The smallest absolute Gasteiger partial charge is 0.197 e. The first-order chi connectivity index (χ1) is 7.80. The van der Waals surface area contributed by atoms with Crippen LogP contribution in [0.4, 0.5) is 0 Å². The van der Waals surface area contributed by atoms with E-state index in [0.717, 1.165) is 0 Å². The maximum Gasteiger partial charge on any atom is 0.197 e. The van der Waals surface area contributed by atoms with Gasteiger partial charge >= 0.3 is 0 Å². The van der Waals surface area contributed by atoms with Crippen LogP contribution < -0.4 is 9.61 Å². The highest BCUT2D eigenvalue weighted by atomic mass is 35.7. The number of carbonyl (C=O) groups is 1. The van der Waals surface area contributed by atoms with E-state index in [4.69, 9.17) is 20.9 Å². The second kappa shape index (κ2) is 5.58. The summed E-state index contributed by atoms with van der Waals surface area (Å²) < 4.78 is 5.47. The number of aromatic hydroxyl groups is 1. The van der Waals surface area contributed by atoms with Gasteiger partial charge in [0.05, 0.1) is 6.04 Å². The lowest BCUT2D eigenvalue weighted by Gasteiger charge is -2.22. The number of halogens is 1. The lowest BCUT2D eigenvalue weighted by molar-refractivity contribution is -0.118. The fraction of sp³-hybridized carbons (Fsp3) is 0.273. The predicted molar refractivity (Wildman–Crippen MR) is 71.9 cm³/mol. The number of benzene rings is 1. The normalized spacial score (nSPS) is 15.9. The maximum absolute atomic E-state index is 11.1. The number of hydrogen-bond acceptors (Lipinski definition) is 4. The van der Waals surface area contributed by atoms with E-state index < -0.39 is 12.7 Å². The Kier molecular flexibility index (Phi) is 4.63. The van der Waals surface area contributed by atoms with Crippen molar-refractivity contribution in [2.75, 3.05) is 0 Å². The standard InChI is InChI=1S/C11H15ClNO3P/c1-8(9(2)14)13-17(3,12)16-11-6-4-10(15)5-7-11/h4-8,13,15H,3H2,1-2H3/t8-,17?/m0/s1. The first kappa shape index (κ1) is 14.1. The van der Waals surface area contributed by atoms with Crippen molar-refractivity contribution in [2.45, 2.75) is 19.9 Å². The van der Waals surface area contributed by atoms with Gasteiger partial charge in [-0.1, -0.05) is 0 Å². The molecule has 2 N–H and O–H groups in total. The van der Waals surface area contributed by atoms with Crippen LogP contribution in [-0.2, 0) is 4.79 Å². The molecule has 0 aliphatic heterocycles. The summed E-state index contributed by atoms with van der Waals surface area (Å²) in [4.78, 5) is 11.1. The second-order valence-electron chi connectivity index (χ2n) is 3.70. The molecule has 0 aliphatic rings. The molecule has 1 unspecified atom stereocenters. The molecule has 94 valence electrons. The van der Waals surface area contributed by atoms with E-state index in [1.807, 2.05) is 0 Å². The SMILES string of the molecule is C=P(Cl)(N[C@@H](C)C(C)=O)Oc1ccc(O)cc1. The van der Waals surface area contributed by atoms with E-state index in [2.05, 4.69) is 11.4 Å². The fourth-order valence-electron chi connectivity index (χ4n) is 1.08. The van der Waals surface area contributed by atoms with E-state index in [0.29, 0.717) is 5.75 Å². The Hall–Kier alpha value is -0.960. The highest BCUT2D eigenvalue weighted by molar-refractivity contribution is 7.91. The molecule has 2 atom stereocenters. The van der Waals surface area contributed by atoms with Crippen molar-refractivity contribution >= 4 is 29.9 Å². The van der Waals surface area contributed by atoms with Crippen molar-refractivity contribution in [2.24, 2.45) is 0 Å². The highest BCUT2D eigenvalue weighted by Crippen LogP contribution is 2.48. The number of phenolic OH excluding ortho intramolecular Hbond substituents is 1. The molecule has 6 heteroatoms. The predicted octanol–water partition coefficient (Wildman–Crippen LogP) is 2.77. The summed E-state index contributed by atoms with van der Waals surface area (Å²) in [5.74, 6) is 0.599. The maximum atomic E-state index is 11.1. The van der Waals surface area contributed by atoms with E-state index in [1.165, 1.54) is 19.1 Å². The van der Waals surface area contributed by atoms with Crippen LogP contribution in [0, 0.1) is 0 Å². The zero-order valence-electron chi connectivity index (χ0n) is 9.68. The molecule has 0 saturated carbocycles. The highest BCUT2D eigenvalue weighted by Gasteiger charge is 2.18. The van der Waals surface area contributed by atoms with Gasteiger partial charge in [-0.15, -0.1) is 0 Å². The number of phenols is 1. The monoisotopic (exact) mass is 275 g/mol. The summed E-state index contributed by atoms with van der Waals surface area (Å²) in [5.41, 5.74) is 0. The van der Waals surface area contributed by atoms with Gasteiger partial charge in [0.2, 0.25) is 0 Å². The average molecular weight is 276 g/mol. The number of rotatable bonds is 5. The lowest BCUT2D eigenvalue weighted by Crippen LogP contribution is -2.29. The van der Waals surface area contributed by atoms with Gasteiger partial charge in [0.15, 0.2) is 6.62 Å². The molecule has 1 aromatic rings. The average Bonchev–Trinajstić information content (AvgIpc) is 2.20. The zero-order valence-corrected chi connectivity index (χ0v) is 11.3. The van der Waals surface area contributed by atoms with Crippen molar-refractivity contribution in [3.05, 3.63) is 24.3 Å². The second-order valence-corrected chi connectivity index (χ2v) is 7.08. The summed E-state index contributed by atoms with van der Waals surface area (Å²) >= 11 is 6.10. The van der Waals surface area contributed by atoms with Crippen molar-refractivity contribution in [3.8, 4) is 11.5 Å². The molecular formula is C11H15ClNO3P. The topological polar surface area (TPSA) is 58.6 Å². The Morgan fingerprint density at radius 3 is 2.53 bits per heavy atom. The van der Waals surface area contributed by atoms with Gasteiger partial charge in [0.1, 0.15) is 17.3 Å². The number of hydrogen-bond donors (Lipinski definition) is 2. The third-order valence-corrected chi connectivity index (χ3v) is 3.86. The van der Waals surface area contributed by atoms with Crippen LogP contribution in [0.3, 0.4) is 0 Å². The Bertz CT molecular complexity index is 447. The molecule has 0 amide bonds. The molecule has 0 heterocycles. The number of carbonyl (C=O) groups excluding carboxylic acids is 1. The molecule has 4 nitrogen and oxygen atoms in total. The molecule has 0 saturated heterocycles. The summed E-state index contributed by atoms with van der Waals surface area (Å²) in [5, 5.41) is 12.0. The van der Waals surface area contributed by atoms with E-state index >= 15 is 0 Å². The van der Waals surface area contributed by atoms with Gasteiger partial charge in [0.25, 0.3) is 0 Å². The Morgan fingerprint density at radius 1 is 1.53 bits per heavy atom. The van der Waals surface area contributed by atoms with Gasteiger partial charge < -0.3 is 9.63 Å². The molecule has 0 bridgehead atoms. The van der Waals surface area contributed by atoms with Crippen molar-refractivity contribution < 1.29 is 14.4 Å². The Labute approximate surface area is 105 Å². The minimum Gasteiger partial charge on any atom is -0.508 e. The minimum atomic E-state index is -2.62. The first-order valence-electron chi connectivity index (χ1n) is 5.00. The molecule has 0 aromatic heterocycles. The van der Waals surface area contributed by atoms with Crippen molar-refractivity contribution in [3.63, 3.8) is 0 Å². The Morgan fingerprint density at radius 2 is 2.06 bits per heavy atom. The van der Waals surface area contributed by atoms with Crippen LogP contribution in [0.25, 0.3) is 0 Å². The fourth-order valence-corrected chi connectivity index (χ4v) is 3.03. The van der Waals surface area contributed by atoms with Crippen molar-refractivity contribution in [1.29, 1.82) is 0 Å². The first-order valence-corrected chi connectivity index (χ1v) is 7.80. The zero-order chi connectivity index (χ0) is 13.1.